The van der Waals surface area contributed by atoms with Crippen LogP contribution in [0.5, 0.6) is 0 Å². The second-order valence-electron chi connectivity index (χ2n) is 9.62. The zero-order valence-electron chi connectivity index (χ0n) is 21.5. The number of para-hydroxylation sites is 1. The molecule has 0 saturated carbocycles. The number of fused-ring (bicyclic) bond motifs is 4. The van der Waals surface area contributed by atoms with E-state index >= 15 is 0 Å². The summed E-state index contributed by atoms with van der Waals surface area (Å²) in [6.07, 6.45) is 3.00. The quantitative estimate of drug-likeness (QED) is 0.195. The lowest BCUT2D eigenvalue weighted by Gasteiger charge is -2.47. The molecule has 5 rings (SSSR count). The maximum absolute atomic E-state index is 13.4. The molecule has 7 nitrogen and oxygen atoms in total. The van der Waals surface area contributed by atoms with Gasteiger partial charge >= 0.3 is 11.9 Å². The average Bonchev–Trinajstić information content (AvgIpc) is 3.18. The molecule has 38 heavy (non-hydrogen) atoms. The summed E-state index contributed by atoms with van der Waals surface area (Å²) in [5.41, 5.74) is 4.39. The van der Waals surface area contributed by atoms with Gasteiger partial charge in [-0.05, 0) is 35.2 Å². The molecule has 196 valence electrons. The van der Waals surface area contributed by atoms with E-state index in [4.69, 9.17) is 9.47 Å². The third-order valence-corrected chi connectivity index (χ3v) is 8.55. The summed E-state index contributed by atoms with van der Waals surface area (Å²) < 4.78 is 12.8. The Morgan fingerprint density at radius 2 is 1.68 bits per heavy atom. The Morgan fingerprint density at radius 3 is 2.42 bits per heavy atom. The molecule has 4 atom stereocenters. The van der Waals surface area contributed by atoms with Crippen LogP contribution >= 0.6 is 11.9 Å². The van der Waals surface area contributed by atoms with E-state index < -0.39 is 23.8 Å². The van der Waals surface area contributed by atoms with E-state index in [0.29, 0.717) is 6.54 Å². The number of esters is 2. The molecular weight excluding hydrogens is 500 g/mol. The van der Waals surface area contributed by atoms with Crippen molar-refractivity contribution in [3.8, 4) is 11.1 Å². The van der Waals surface area contributed by atoms with Crippen molar-refractivity contribution in [3.05, 3.63) is 85.1 Å². The normalized spacial score (nSPS) is 22.1. The van der Waals surface area contributed by atoms with Gasteiger partial charge in [-0.2, -0.15) is 0 Å². The molecule has 1 saturated heterocycles. The highest BCUT2D eigenvalue weighted by Crippen LogP contribution is 2.52. The molecule has 8 heteroatoms. The summed E-state index contributed by atoms with van der Waals surface area (Å²) in [5.74, 6) is -2.65. The van der Waals surface area contributed by atoms with Crippen LogP contribution in [0.2, 0.25) is 0 Å². The first-order chi connectivity index (χ1) is 18.4. The predicted molar refractivity (Wildman–Crippen MR) is 147 cm³/mol. The molecule has 1 fully saturated rings. The highest BCUT2D eigenvalue weighted by Gasteiger charge is 2.61. The van der Waals surface area contributed by atoms with E-state index in [1.807, 2.05) is 31.2 Å². The number of hydrogen-bond donors (Lipinski definition) is 0. The van der Waals surface area contributed by atoms with Crippen molar-refractivity contribution in [2.45, 2.75) is 24.8 Å². The van der Waals surface area contributed by atoms with Crippen LogP contribution in [0.15, 0.2) is 90.0 Å². The molecule has 3 unspecified atom stereocenters. The Bertz CT molecular complexity index is 1350. The lowest BCUT2D eigenvalue weighted by molar-refractivity contribution is -0.168. The van der Waals surface area contributed by atoms with Crippen LogP contribution < -0.4 is 4.31 Å². The minimum Gasteiger partial charge on any atom is -0.461 e. The monoisotopic (exact) mass is 530 g/mol. The van der Waals surface area contributed by atoms with Crippen LogP contribution in [-0.4, -0.2) is 48.5 Å². The van der Waals surface area contributed by atoms with Crippen molar-refractivity contribution in [1.29, 1.82) is 0 Å². The molecule has 0 radical (unpaired) electrons. The van der Waals surface area contributed by atoms with Gasteiger partial charge in [-0.15, -0.1) is 0 Å². The molecule has 0 aromatic heterocycles. The molecule has 0 N–H and O–H groups in total. The number of rotatable bonds is 9. The molecule has 0 spiro atoms. The van der Waals surface area contributed by atoms with E-state index in [0.717, 1.165) is 27.3 Å². The topological polar surface area (TPSA) is 76.1 Å². The number of anilines is 1. The van der Waals surface area contributed by atoms with Gasteiger partial charge in [0.2, 0.25) is 5.91 Å². The van der Waals surface area contributed by atoms with Crippen molar-refractivity contribution in [3.63, 3.8) is 0 Å². The Balaban J connectivity index is 1.49. The molecule has 0 bridgehead atoms. The molecule has 3 aliphatic rings. The molecule has 0 aliphatic carbocycles. The van der Waals surface area contributed by atoms with Gasteiger partial charge < -0.3 is 18.7 Å². The molecule has 2 aromatic carbocycles. The number of nitrogens with zero attached hydrogens (tertiary/aromatic N) is 2. The van der Waals surface area contributed by atoms with Crippen LogP contribution in [0.3, 0.4) is 0 Å². The van der Waals surface area contributed by atoms with Gasteiger partial charge in [-0.3, -0.25) is 9.59 Å². The third-order valence-electron chi connectivity index (χ3n) is 7.45. The summed E-state index contributed by atoms with van der Waals surface area (Å²) in [5, 5.41) is 0. The maximum Gasteiger partial charge on any atom is 0.355 e. The maximum atomic E-state index is 13.4. The van der Waals surface area contributed by atoms with Crippen molar-refractivity contribution in [2.75, 3.05) is 24.1 Å². The van der Waals surface area contributed by atoms with Crippen molar-refractivity contribution in [2.24, 2.45) is 17.8 Å². The lowest BCUT2D eigenvalue weighted by Crippen LogP contribution is -2.63. The van der Waals surface area contributed by atoms with Crippen molar-refractivity contribution in [1.82, 2.24) is 4.90 Å². The number of benzene rings is 2. The minimum absolute atomic E-state index is 0.0407. The highest BCUT2D eigenvalue weighted by atomic mass is 32.2. The lowest BCUT2D eigenvalue weighted by atomic mass is 9.74. The number of hydrogen-bond acceptors (Lipinski definition) is 7. The number of carbonyl (C=O) groups is 3. The Kier molecular flexibility index (Phi) is 7.17. The van der Waals surface area contributed by atoms with E-state index in [1.54, 1.807) is 18.9 Å². The van der Waals surface area contributed by atoms with Gasteiger partial charge in [0.1, 0.15) is 18.9 Å². The molecule has 1 amide bonds. The minimum atomic E-state index is -0.645. The summed E-state index contributed by atoms with van der Waals surface area (Å²) in [7, 11) is 0. The first-order valence-corrected chi connectivity index (χ1v) is 13.4. The number of amides is 1. The van der Waals surface area contributed by atoms with Crippen LogP contribution in [0.25, 0.3) is 11.1 Å². The standard InChI is InChI=1S/C30H30N2O5S/c1-5-15-36-29(34)19(4)25-26-18(3)22(27(32(26)28(25)33)30(35)37-16-6-2)17-31-23-13-9-7-11-20(23)21-12-8-10-14-24(21)38-31/h5-14,18-19,25-26H,1-2,15-17H2,3-4H3/t18-,19?,25?,26?/m0/s1. The van der Waals surface area contributed by atoms with Gasteiger partial charge in [0.15, 0.2) is 0 Å². The van der Waals surface area contributed by atoms with E-state index in [-0.39, 0.29) is 36.8 Å². The third kappa shape index (κ3) is 4.22. The first kappa shape index (κ1) is 25.9. The summed E-state index contributed by atoms with van der Waals surface area (Å²) in [6, 6.07) is 16.1. The Morgan fingerprint density at radius 1 is 1.03 bits per heavy atom. The Labute approximate surface area is 226 Å². The average molecular weight is 531 g/mol. The van der Waals surface area contributed by atoms with Crippen molar-refractivity contribution < 1.29 is 23.9 Å². The van der Waals surface area contributed by atoms with Crippen LogP contribution in [0, 0.1) is 17.8 Å². The summed E-state index contributed by atoms with van der Waals surface area (Å²) in [6.45, 7) is 11.5. The van der Waals surface area contributed by atoms with Crippen molar-refractivity contribution >= 4 is 35.5 Å². The SMILES string of the molecule is C=CCOC(=O)C1=C(CN2Sc3ccccc3-c3ccccc32)[C@H](C)C2C(C(C)C(=O)OCC=C)C(=O)N12. The van der Waals surface area contributed by atoms with Gasteiger partial charge in [-0.1, -0.05) is 75.6 Å². The number of carbonyl (C=O) groups excluding carboxylic acids is 3. The van der Waals surface area contributed by atoms with Gasteiger partial charge in [-0.25, -0.2) is 4.79 Å². The zero-order valence-corrected chi connectivity index (χ0v) is 22.3. The van der Waals surface area contributed by atoms with Gasteiger partial charge in [0, 0.05) is 16.4 Å². The highest BCUT2D eigenvalue weighted by molar-refractivity contribution is 8.01. The second-order valence-corrected chi connectivity index (χ2v) is 10.7. The van der Waals surface area contributed by atoms with Crippen LogP contribution in [0.4, 0.5) is 5.69 Å². The molecule has 3 aliphatic heterocycles. The number of ether oxygens (including phenoxy) is 2. The first-order valence-electron chi connectivity index (χ1n) is 12.6. The fourth-order valence-corrected chi connectivity index (χ4v) is 6.72. The fraction of sp³-hybridized carbons (Fsp3) is 0.300. The second kappa shape index (κ2) is 10.5. The largest absolute Gasteiger partial charge is 0.461 e. The fourth-order valence-electron chi connectivity index (χ4n) is 5.61. The van der Waals surface area contributed by atoms with Gasteiger partial charge in [0.25, 0.3) is 0 Å². The molecule has 2 aromatic rings. The van der Waals surface area contributed by atoms with E-state index in [1.165, 1.54) is 17.1 Å². The summed E-state index contributed by atoms with van der Waals surface area (Å²) >= 11 is 1.61. The van der Waals surface area contributed by atoms with E-state index in [2.05, 4.69) is 41.7 Å². The van der Waals surface area contributed by atoms with Gasteiger partial charge in [0.05, 0.1) is 30.1 Å². The Hall–Kier alpha value is -3.78. The van der Waals surface area contributed by atoms with Crippen LogP contribution in [0.1, 0.15) is 13.8 Å². The molecular formula is C30H30N2O5S. The number of β-lactam (4-membered cyclic amide) rings is 1. The van der Waals surface area contributed by atoms with E-state index in [9.17, 15) is 14.4 Å². The summed E-state index contributed by atoms with van der Waals surface area (Å²) in [4.78, 5) is 42.0. The molecule has 3 heterocycles. The predicted octanol–water partition coefficient (Wildman–Crippen LogP) is 5.01. The smallest absolute Gasteiger partial charge is 0.355 e. The zero-order chi connectivity index (χ0) is 27.0. The van der Waals surface area contributed by atoms with Crippen LogP contribution in [-0.2, 0) is 23.9 Å².